The van der Waals surface area contributed by atoms with Crippen molar-refractivity contribution in [3.05, 3.63) is 135 Å². The summed E-state index contributed by atoms with van der Waals surface area (Å²) in [6.07, 6.45) is 5.05. The van der Waals surface area contributed by atoms with Crippen molar-refractivity contribution in [3.63, 3.8) is 0 Å². The highest BCUT2D eigenvalue weighted by atomic mass is 35.5. The number of hydrogen-bond donors (Lipinski definition) is 3. The maximum absolute atomic E-state index is 13.4. The highest BCUT2D eigenvalue weighted by Gasteiger charge is 2.18. The molecule has 0 spiro atoms. The lowest BCUT2D eigenvalue weighted by Gasteiger charge is -2.16. The van der Waals surface area contributed by atoms with E-state index in [2.05, 4.69) is 5.32 Å². The molecule has 0 aliphatic heterocycles. The number of rotatable bonds is 20. The molecular formula is C39H43Cl2NO6. The molecule has 0 aliphatic rings. The third kappa shape index (κ3) is 12.2. The molecule has 9 heteroatoms. The molecule has 0 bridgehead atoms. The minimum absolute atomic E-state index is 0.250. The second-order valence-corrected chi connectivity index (χ2v) is 12.1. The summed E-state index contributed by atoms with van der Waals surface area (Å²) in [5.74, 6) is -0.287. The molecule has 7 nitrogen and oxygen atoms in total. The van der Waals surface area contributed by atoms with Crippen LogP contribution in [0.1, 0.15) is 59.6 Å². The predicted octanol–water partition coefficient (Wildman–Crippen LogP) is 8.05. The predicted molar refractivity (Wildman–Crippen MR) is 192 cm³/mol. The molecule has 0 saturated carbocycles. The number of ether oxygens (including phenoxy) is 3. The molecule has 0 radical (unpaired) electrons. The SMILES string of the molecule is O=C(Oc1ccc(C(O)CNCCCCCCOCCOCc2c(Cl)cccc2Cl)cc1CO)C(=Cc1ccccc1)c1ccccc1. The fourth-order valence-electron chi connectivity index (χ4n) is 5.01. The maximum atomic E-state index is 13.4. The monoisotopic (exact) mass is 691 g/mol. The van der Waals surface area contributed by atoms with E-state index in [9.17, 15) is 15.0 Å². The largest absolute Gasteiger partial charge is 0.423 e. The summed E-state index contributed by atoms with van der Waals surface area (Å²) in [4.78, 5) is 13.4. The Hall–Kier alpha value is -3.53. The highest BCUT2D eigenvalue weighted by Crippen LogP contribution is 2.27. The van der Waals surface area contributed by atoms with Gasteiger partial charge in [-0.25, -0.2) is 4.79 Å². The van der Waals surface area contributed by atoms with Crippen LogP contribution in [-0.4, -0.2) is 49.1 Å². The number of nitrogens with one attached hydrogen (secondary N) is 1. The Morgan fingerprint density at radius 1 is 0.792 bits per heavy atom. The zero-order valence-corrected chi connectivity index (χ0v) is 28.5. The second kappa shape index (κ2) is 20.8. The average Bonchev–Trinajstić information content (AvgIpc) is 3.11. The van der Waals surface area contributed by atoms with E-state index in [1.165, 1.54) is 0 Å². The average molecular weight is 693 g/mol. The van der Waals surface area contributed by atoms with E-state index in [0.717, 1.165) is 48.9 Å². The van der Waals surface area contributed by atoms with E-state index < -0.39 is 12.1 Å². The molecule has 0 amide bonds. The Morgan fingerprint density at radius 2 is 1.48 bits per heavy atom. The van der Waals surface area contributed by atoms with Crippen LogP contribution < -0.4 is 10.1 Å². The topological polar surface area (TPSA) is 97.3 Å². The van der Waals surface area contributed by atoms with Crippen LogP contribution in [0.15, 0.2) is 97.1 Å². The summed E-state index contributed by atoms with van der Waals surface area (Å²) in [6.45, 7) is 2.83. The molecule has 4 rings (SSSR count). The quantitative estimate of drug-likeness (QED) is 0.0284. The fourth-order valence-corrected chi connectivity index (χ4v) is 5.51. The number of aliphatic hydroxyl groups is 2. The number of hydrogen-bond acceptors (Lipinski definition) is 7. The smallest absolute Gasteiger partial charge is 0.344 e. The van der Waals surface area contributed by atoms with Crippen LogP contribution in [0, 0.1) is 0 Å². The summed E-state index contributed by atoms with van der Waals surface area (Å²) in [5.41, 5.74) is 3.83. The first kappa shape index (κ1) is 37.3. The van der Waals surface area contributed by atoms with Gasteiger partial charge in [0.25, 0.3) is 0 Å². The van der Waals surface area contributed by atoms with Gasteiger partial charge in [0.15, 0.2) is 0 Å². The van der Waals surface area contributed by atoms with Crippen LogP contribution >= 0.6 is 23.2 Å². The van der Waals surface area contributed by atoms with Crippen LogP contribution in [0.2, 0.25) is 10.0 Å². The van der Waals surface area contributed by atoms with Crippen molar-refractivity contribution in [2.45, 2.75) is 45.0 Å². The summed E-state index contributed by atoms with van der Waals surface area (Å²) in [7, 11) is 0. The Labute approximate surface area is 293 Å². The standard InChI is InChI=1S/C39H43Cl2NO6/c40-35-16-11-17-36(41)34(35)28-47-23-22-46-21-10-2-1-9-20-42-26-37(44)31-18-19-38(32(25-31)27-43)48-39(45)33(30-14-7-4-8-15-30)24-29-12-5-3-6-13-29/h3-8,11-19,24-25,37,42-44H,1-2,9-10,20-23,26-28H2. The molecule has 254 valence electrons. The third-order valence-electron chi connectivity index (χ3n) is 7.67. The van der Waals surface area contributed by atoms with Crippen molar-refractivity contribution < 1.29 is 29.2 Å². The van der Waals surface area contributed by atoms with E-state index in [4.69, 9.17) is 37.4 Å². The summed E-state index contributed by atoms with van der Waals surface area (Å²) >= 11 is 12.3. The van der Waals surface area contributed by atoms with Crippen molar-refractivity contribution >= 4 is 40.8 Å². The number of aliphatic hydroxyl groups excluding tert-OH is 2. The highest BCUT2D eigenvalue weighted by molar-refractivity contribution is 6.35. The van der Waals surface area contributed by atoms with Gasteiger partial charge in [0.1, 0.15) is 5.75 Å². The molecule has 4 aromatic carbocycles. The molecule has 0 fully saturated rings. The Kier molecular flexibility index (Phi) is 16.1. The Balaban J connectivity index is 1.13. The van der Waals surface area contributed by atoms with Crippen molar-refractivity contribution in [3.8, 4) is 5.75 Å². The van der Waals surface area contributed by atoms with E-state index in [-0.39, 0.29) is 12.4 Å². The lowest BCUT2D eigenvalue weighted by Crippen LogP contribution is -2.22. The number of esters is 1. The summed E-state index contributed by atoms with van der Waals surface area (Å²) in [5, 5.41) is 25.3. The second-order valence-electron chi connectivity index (χ2n) is 11.2. The molecule has 1 atom stereocenters. The maximum Gasteiger partial charge on any atom is 0.344 e. The van der Waals surface area contributed by atoms with Crippen LogP contribution in [0.25, 0.3) is 11.6 Å². The van der Waals surface area contributed by atoms with Gasteiger partial charge >= 0.3 is 5.97 Å². The van der Waals surface area contributed by atoms with Crippen molar-refractivity contribution in [2.24, 2.45) is 0 Å². The van der Waals surface area contributed by atoms with Crippen LogP contribution in [0.4, 0.5) is 0 Å². The molecule has 0 aromatic heterocycles. The fraction of sp³-hybridized carbons (Fsp3) is 0.308. The van der Waals surface area contributed by atoms with E-state index in [0.29, 0.717) is 59.7 Å². The van der Waals surface area contributed by atoms with Gasteiger partial charge in [-0.3, -0.25) is 0 Å². The van der Waals surface area contributed by atoms with E-state index in [1.54, 1.807) is 36.4 Å². The molecular weight excluding hydrogens is 649 g/mol. The van der Waals surface area contributed by atoms with Gasteiger partial charge in [-0.1, -0.05) is 109 Å². The number of unbranched alkanes of at least 4 members (excludes halogenated alkanes) is 3. The number of halogens is 2. The van der Waals surface area contributed by atoms with Crippen molar-refractivity contribution in [2.75, 3.05) is 32.9 Å². The van der Waals surface area contributed by atoms with Gasteiger partial charge in [0.05, 0.1) is 38.1 Å². The van der Waals surface area contributed by atoms with Crippen LogP contribution in [-0.2, 0) is 27.5 Å². The van der Waals surface area contributed by atoms with Gasteiger partial charge < -0.3 is 29.7 Å². The van der Waals surface area contributed by atoms with E-state index >= 15 is 0 Å². The van der Waals surface area contributed by atoms with Crippen LogP contribution in [0.5, 0.6) is 5.75 Å². The van der Waals surface area contributed by atoms with Gasteiger partial charge in [0.2, 0.25) is 0 Å². The van der Waals surface area contributed by atoms with Gasteiger partial charge in [-0.05, 0) is 66.4 Å². The molecule has 1 unspecified atom stereocenters. The Bertz CT molecular complexity index is 1560. The molecule has 3 N–H and O–H groups in total. The molecule has 48 heavy (non-hydrogen) atoms. The zero-order chi connectivity index (χ0) is 34.0. The zero-order valence-electron chi connectivity index (χ0n) is 27.0. The van der Waals surface area contributed by atoms with Gasteiger partial charge in [-0.15, -0.1) is 0 Å². The van der Waals surface area contributed by atoms with Gasteiger partial charge in [0, 0.05) is 34.3 Å². The Morgan fingerprint density at radius 3 is 2.21 bits per heavy atom. The molecule has 0 saturated heterocycles. The van der Waals surface area contributed by atoms with Crippen molar-refractivity contribution in [1.29, 1.82) is 0 Å². The van der Waals surface area contributed by atoms with Crippen LogP contribution in [0.3, 0.4) is 0 Å². The number of benzene rings is 4. The number of carbonyl (C=O) groups is 1. The normalized spacial score (nSPS) is 12.2. The summed E-state index contributed by atoms with van der Waals surface area (Å²) in [6, 6.07) is 29.3. The molecule has 0 heterocycles. The minimum Gasteiger partial charge on any atom is -0.423 e. The molecule has 4 aromatic rings. The number of carbonyl (C=O) groups excluding carboxylic acids is 1. The lowest BCUT2D eigenvalue weighted by molar-refractivity contribution is -0.127. The van der Waals surface area contributed by atoms with Gasteiger partial charge in [-0.2, -0.15) is 0 Å². The first-order valence-electron chi connectivity index (χ1n) is 16.2. The summed E-state index contributed by atoms with van der Waals surface area (Å²) < 4.78 is 17.1. The van der Waals surface area contributed by atoms with E-state index in [1.807, 2.05) is 66.7 Å². The lowest BCUT2D eigenvalue weighted by atomic mass is 10.0. The minimum atomic E-state index is -0.775. The first-order valence-corrected chi connectivity index (χ1v) is 17.0. The first-order chi connectivity index (χ1) is 23.5. The third-order valence-corrected chi connectivity index (χ3v) is 8.38. The van der Waals surface area contributed by atoms with Crippen molar-refractivity contribution in [1.82, 2.24) is 5.32 Å². The molecule has 0 aliphatic carbocycles.